The van der Waals surface area contributed by atoms with E-state index < -0.39 is 0 Å². The normalized spacial score (nSPS) is 12.2. The molecular formula is C14H16ClNO3. The van der Waals surface area contributed by atoms with Gasteiger partial charge in [0.1, 0.15) is 16.5 Å². The number of benzene rings is 1. The summed E-state index contributed by atoms with van der Waals surface area (Å²) in [5.74, 6) is 1.19. The minimum atomic E-state index is -0.0582. The van der Waals surface area contributed by atoms with E-state index in [1.807, 2.05) is 25.2 Å². The minimum absolute atomic E-state index is 0.0582. The zero-order valence-corrected chi connectivity index (χ0v) is 11.8. The molecule has 0 amide bonds. The van der Waals surface area contributed by atoms with E-state index >= 15 is 0 Å². The molecule has 0 radical (unpaired) electrons. The summed E-state index contributed by atoms with van der Waals surface area (Å²) in [5, 5.41) is 3.68. The Hall–Kier alpha value is -1.65. The summed E-state index contributed by atoms with van der Waals surface area (Å²) in [6, 6.07) is 5.60. The van der Waals surface area contributed by atoms with E-state index in [1.54, 1.807) is 26.7 Å². The highest BCUT2D eigenvalue weighted by Gasteiger charge is 2.21. The van der Waals surface area contributed by atoms with Crippen LogP contribution in [0.2, 0.25) is 5.02 Å². The fraction of sp³-hybridized carbons (Fsp3) is 0.286. The predicted molar refractivity (Wildman–Crippen MR) is 74.2 cm³/mol. The maximum absolute atomic E-state index is 6.28. The Morgan fingerprint density at radius 1 is 1.21 bits per heavy atom. The van der Waals surface area contributed by atoms with Gasteiger partial charge in [0.25, 0.3) is 0 Å². The zero-order chi connectivity index (χ0) is 13.8. The molecule has 1 unspecified atom stereocenters. The van der Waals surface area contributed by atoms with Gasteiger partial charge in [-0.1, -0.05) is 11.6 Å². The first-order valence-electron chi connectivity index (χ1n) is 5.82. The lowest BCUT2D eigenvalue weighted by molar-refractivity contribution is 0.388. The van der Waals surface area contributed by atoms with E-state index in [9.17, 15) is 0 Å². The number of hydrogen-bond donors (Lipinski definition) is 1. The Kier molecular flexibility index (Phi) is 4.35. The highest BCUT2D eigenvalue weighted by atomic mass is 35.5. The van der Waals surface area contributed by atoms with Gasteiger partial charge in [-0.05, 0) is 25.2 Å². The first-order valence-corrected chi connectivity index (χ1v) is 6.20. The second-order valence-corrected chi connectivity index (χ2v) is 4.36. The van der Waals surface area contributed by atoms with Crippen molar-refractivity contribution in [2.75, 3.05) is 21.3 Å². The Labute approximate surface area is 117 Å². The highest BCUT2D eigenvalue weighted by Crippen LogP contribution is 2.40. The van der Waals surface area contributed by atoms with Gasteiger partial charge in [-0.2, -0.15) is 0 Å². The minimum Gasteiger partial charge on any atom is -0.495 e. The van der Waals surface area contributed by atoms with E-state index in [1.165, 1.54) is 0 Å². The lowest BCUT2D eigenvalue weighted by Crippen LogP contribution is -2.18. The third-order valence-corrected chi connectivity index (χ3v) is 3.35. The number of hydrogen-bond acceptors (Lipinski definition) is 4. The molecule has 0 aliphatic carbocycles. The molecule has 4 nitrogen and oxygen atoms in total. The monoisotopic (exact) mass is 281 g/mol. The molecule has 19 heavy (non-hydrogen) atoms. The van der Waals surface area contributed by atoms with Crippen LogP contribution in [0.5, 0.6) is 11.5 Å². The van der Waals surface area contributed by atoms with Gasteiger partial charge in [0.2, 0.25) is 0 Å². The molecule has 1 heterocycles. The summed E-state index contributed by atoms with van der Waals surface area (Å²) < 4.78 is 15.7. The summed E-state index contributed by atoms with van der Waals surface area (Å²) in [7, 11) is 5.04. The smallest absolute Gasteiger partial charge is 0.146 e. The van der Waals surface area contributed by atoms with Crippen LogP contribution >= 0.6 is 11.6 Å². The van der Waals surface area contributed by atoms with E-state index in [2.05, 4.69) is 5.32 Å². The second-order valence-electron chi connectivity index (χ2n) is 3.98. The maximum atomic E-state index is 6.28. The number of nitrogens with one attached hydrogen (secondary N) is 1. The standard InChI is InChI=1S/C14H16ClNO3/c1-16-13(9-6-7-19-8-9)10-4-5-11(17-2)12(15)14(10)18-3/h4-8,13,16H,1-3H3. The van der Waals surface area contributed by atoms with Crippen molar-refractivity contribution in [3.05, 3.63) is 46.9 Å². The average Bonchev–Trinajstić information content (AvgIpc) is 2.94. The van der Waals surface area contributed by atoms with Crippen molar-refractivity contribution in [2.45, 2.75) is 6.04 Å². The number of ether oxygens (including phenoxy) is 2. The van der Waals surface area contributed by atoms with Crippen LogP contribution in [-0.2, 0) is 0 Å². The van der Waals surface area contributed by atoms with E-state index in [0.717, 1.165) is 11.1 Å². The molecule has 0 aliphatic heterocycles. The fourth-order valence-corrected chi connectivity index (χ4v) is 2.41. The third-order valence-electron chi connectivity index (χ3n) is 2.99. The first-order chi connectivity index (χ1) is 9.22. The number of rotatable bonds is 5. The van der Waals surface area contributed by atoms with Gasteiger partial charge >= 0.3 is 0 Å². The molecule has 1 aromatic carbocycles. The molecule has 1 N–H and O–H groups in total. The molecule has 2 aromatic rings. The van der Waals surface area contributed by atoms with Gasteiger partial charge in [-0.3, -0.25) is 0 Å². The fourth-order valence-electron chi connectivity index (χ4n) is 2.09. The highest BCUT2D eigenvalue weighted by molar-refractivity contribution is 6.33. The van der Waals surface area contributed by atoms with Gasteiger partial charge in [0, 0.05) is 11.1 Å². The van der Waals surface area contributed by atoms with Crippen LogP contribution in [0.4, 0.5) is 0 Å². The predicted octanol–water partition coefficient (Wildman–Crippen LogP) is 3.26. The van der Waals surface area contributed by atoms with Gasteiger partial charge in [0.05, 0.1) is 32.8 Å². The molecule has 2 rings (SSSR count). The molecule has 0 bridgehead atoms. The Balaban J connectivity index is 2.52. The van der Waals surface area contributed by atoms with Crippen LogP contribution in [0.3, 0.4) is 0 Å². The van der Waals surface area contributed by atoms with Crippen LogP contribution in [0.1, 0.15) is 17.2 Å². The van der Waals surface area contributed by atoms with Gasteiger partial charge in [-0.15, -0.1) is 0 Å². The molecule has 0 fully saturated rings. The Morgan fingerprint density at radius 2 is 2.00 bits per heavy atom. The van der Waals surface area contributed by atoms with Crippen molar-refractivity contribution in [1.82, 2.24) is 5.32 Å². The third kappa shape index (κ3) is 2.55. The summed E-state index contributed by atoms with van der Waals surface area (Å²) >= 11 is 6.28. The molecule has 5 heteroatoms. The summed E-state index contributed by atoms with van der Waals surface area (Å²) in [5.41, 5.74) is 1.93. The van der Waals surface area contributed by atoms with Crippen LogP contribution in [0.15, 0.2) is 35.1 Å². The number of halogens is 1. The van der Waals surface area contributed by atoms with Crippen LogP contribution in [-0.4, -0.2) is 21.3 Å². The Bertz CT molecular complexity index is 540. The molecule has 0 spiro atoms. The summed E-state index contributed by atoms with van der Waals surface area (Å²) in [4.78, 5) is 0. The van der Waals surface area contributed by atoms with Crippen LogP contribution in [0.25, 0.3) is 0 Å². The van der Waals surface area contributed by atoms with Crippen molar-refractivity contribution < 1.29 is 13.9 Å². The molecule has 1 atom stereocenters. The lowest BCUT2D eigenvalue weighted by atomic mass is 10.00. The number of methoxy groups -OCH3 is 2. The second kappa shape index (κ2) is 5.99. The largest absolute Gasteiger partial charge is 0.495 e. The quantitative estimate of drug-likeness (QED) is 0.914. The van der Waals surface area contributed by atoms with Crippen molar-refractivity contribution >= 4 is 11.6 Å². The number of furan rings is 1. The van der Waals surface area contributed by atoms with E-state index in [0.29, 0.717) is 16.5 Å². The van der Waals surface area contributed by atoms with Crippen molar-refractivity contribution in [1.29, 1.82) is 0 Å². The van der Waals surface area contributed by atoms with Crippen molar-refractivity contribution in [3.8, 4) is 11.5 Å². The molecule has 0 aliphatic rings. The van der Waals surface area contributed by atoms with Crippen LogP contribution in [0, 0.1) is 0 Å². The summed E-state index contributed by atoms with van der Waals surface area (Å²) in [6.45, 7) is 0. The molecule has 102 valence electrons. The average molecular weight is 282 g/mol. The van der Waals surface area contributed by atoms with Gasteiger partial charge < -0.3 is 19.2 Å². The van der Waals surface area contributed by atoms with Gasteiger partial charge in [0.15, 0.2) is 0 Å². The van der Waals surface area contributed by atoms with Gasteiger partial charge in [-0.25, -0.2) is 0 Å². The first kappa shape index (κ1) is 13.8. The zero-order valence-electron chi connectivity index (χ0n) is 11.1. The Morgan fingerprint density at radius 3 is 2.53 bits per heavy atom. The maximum Gasteiger partial charge on any atom is 0.146 e. The van der Waals surface area contributed by atoms with Crippen LogP contribution < -0.4 is 14.8 Å². The van der Waals surface area contributed by atoms with Crippen molar-refractivity contribution in [3.63, 3.8) is 0 Å². The molecule has 1 aromatic heterocycles. The molecule has 0 saturated heterocycles. The lowest BCUT2D eigenvalue weighted by Gasteiger charge is -2.20. The van der Waals surface area contributed by atoms with E-state index in [-0.39, 0.29) is 6.04 Å². The summed E-state index contributed by atoms with van der Waals surface area (Å²) in [6.07, 6.45) is 3.33. The van der Waals surface area contributed by atoms with Crippen molar-refractivity contribution in [2.24, 2.45) is 0 Å². The van der Waals surface area contributed by atoms with E-state index in [4.69, 9.17) is 25.5 Å². The topological polar surface area (TPSA) is 43.6 Å². The molecular weight excluding hydrogens is 266 g/mol. The SMILES string of the molecule is CNC(c1ccoc1)c1ccc(OC)c(Cl)c1OC. The molecule has 0 saturated carbocycles.